The van der Waals surface area contributed by atoms with Crippen molar-refractivity contribution in [2.24, 2.45) is 0 Å². The summed E-state index contributed by atoms with van der Waals surface area (Å²) in [6.07, 6.45) is 3.06. The van der Waals surface area contributed by atoms with Crippen LogP contribution >= 0.6 is 25.1 Å². The van der Waals surface area contributed by atoms with Gasteiger partial charge in [-0.25, -0.2) is 0 Å². The molecule has 2 N–H and O–H groups in total. The summed E-state index contributed by atoms with van der Waals surface area (Å²) < 4.78 is 27.5. The normalized spacial score (nSPS) is 24.7. The van der Waals surface area contributed by atoms with E-state index in [1.165, 1.54) is 5.57 Å². The van der Waals surface area contributed by atoms with Crippen LogP contribution in [0.5, 0.6) is 0 Å². The zero-order valence-corrected chi connectivity index (χ0v) is 24.3. The van der Waals surface area contributed by atoms with Crippen LogP contribution < -0.4 is 76.6 Å². The first-order valence-corrected chi connectivity index (χ1v) is 12.1. The minimum absolute atomic E-state index is 0. The van der Waals surface area contributed by atoms with E-state index in [0.29, 0.717) is 12.3 Å². The van der Waals surface area contributed by atoms with E-state index in [2.05, 4.69) is 0 Å². The van der Waals surface area contributed by atoms with Gasteiger partial charge in [0.2, 0.25) is 7.37 Å². The van der Waals surface area contributed by atoms with E-state index in [9.17, 15) is 9.13 Å². The molecule has 0 fully saturated rings. The van der Waals surface area contributed by atoms with Crippen molar-refractivity contribution in [1.29, 1.82) is 0 Å². The first-order valence-electron chi connectivity index (χ1n) is 7.36. The van der Waals surface area contributed by atoms with Crippen molar-refractivity contribution >= 4 is 25.1 Å². The molecule has 0 saturated carbocycles. The van der Waals surface area contributed by atoms with E-state index in [0.717, 1.165) is 18.4 Å². The molecule has 12 heteroatoms. The standard InChI is InChI=1S/C7H13O3P.C5H8ClOP.C2H5O2.CH3.ClH.2Na/c1-7-2-5-11(9,6-7)10-4-3-8;1-5-2-3-8(6,7)4-5;3-1-2-4;;;;/h6,8H,2-5H2,1H3;4H,2-3H2,1H3;3H,1-2H2;1H3;1H;;/q;;2*-1;;2*+1/p-1. The fraction of sp³-hybridized carbons (Fsp3) is 0.667. The summed E-state index contributed by atoms with van der Waals surface area (Å²) in [5.74, 6) is 3.41. The SMILES string of the molecule is CC1=CP(=O)(Cl)CC1.CC1=CP(=O)(OCCO)CC1.[CH3-].[Cl-].[Na+].[Na+].[O-]CCO. The fourth-order valence-electron chi connectivity index (χ4n) is 1.88. The van der Waals surface area contributed by atoms with Crippen molar-refractivity contribution in [3.8, 4) is 0 Å². The molecule has 2 rings (SSSR count). The molecule has 0 aliphatic carbocycles. The number of hydrogen-bond donors (Lipinski definition) is 2. The van der Waals surface area contributed by atoms with Crippen LogP contribution in [0.15, 0.2) is 22.8 Å². The van der Waals surface area contributed by atoms with Crippen LogP contribution in [0.2, 0.25) is 0 Å². The molecule has 0 aromatic rings. The molecule has 0 bridgehead atoms. The summed E-state index contributed by atoms with van der Waals surface area (Å²) in [6.45, 7) is 1.13. The average molecular weight is 484 g/mol. The molecule has 0 saturated heterocycles. The van der Waals surface area contributed by atoms with E-state index < -0.39 is 13.9 Å². The van der Waals surface area contributed by atoms with E-state index in [4.69, 9.17) is 31.1 Å². The van der Waals surface area contributed by atoms with Gasteiger partial charge in [0.1, 0.15) is 0 Å². The predicted octanol–water partition coefficient (Wildman–Crippen LogP) is -5.81. The molecule has 2 aliphatic rings. The van der Waals surface area contributed by atoms with Gasteiger partial charge < -0.3 is 44.2 Å². The number of rotatable bonds is 4. The zero-order valence-electron chi connectivity index (χ0n) is 17.0. The summed E-state index contributed by atoms with van der Waals surface area (Å²) in [6, 6.07) is 0. The number of aliphatic hydroxyl groups excluding tert-OH is 2. The van der Waals surface area contributed by atoms with E-state index in [1.54, 1.807) is 11.6 Å². The number of halogens is 2. The number of allylic oxidation sites excluding steroid dienone is 2. The fourth-order valence-corrected chi connectivity index (χ4v) is 6.40. The number of hydrogen-bond acceptors (Lipinski definition) is 6. The van der Waals surface area contributed by atoms with Gasteiger partial charge in [0.05, 0.1) is 13.2 Å². The van der Waals surface area contributed by atoms with E-state index in [-0.39, 0.29) is 105 Å². The molecular formula is C15H29Cl2Na2O6P2-. The van der Waals surface area contributed by atoms with Crippen LogP contribution in [0.25, 0.3) is 0 Å². The van der Waals surface area contributed by atoms with Crippen molar-refractivity contribution in [2.75, 3.05) is 38.8 Å². The Bertz CT molecular complexity index is 517. The summed E-state index contributed by atoms with van der Waals surface area (Å²) in [5, 5.41) is 25.1. The molecule has 6 nitrogen and oxygen atoms in total. The second kappa shape index (κ2) is 21.6. The van der Waals surface area contributed by atoms with Gasteiger partial charge in [-0.05, 0) is 49.6 Å². The Morgan fingerprint density at radius 1 is 1.07 bits per heavy atom. The Morgan fingerprint density at radius 3 is 1.74 bits per heavy atom. The van der Waals surface area contributed by atoms with Gasteiger partial charge in [-0.3, -0.25) is 4.57 Å². The average Bonchev–Trinajstić information content (AvgIpc) is 2.99. The van der Waals surface area contributed by atoms with Gasteiger partial charge in [0.25, 0.3) is 0 Å². The van der Waals surface area contributed by atoms with Gasteiger partial charge in [0, 0.05) is 18.9 Å². The Hall–Kier alpha value is 2.36. The molecule has 27 heavy (non-hydrogen) atoms. The van der Waals surface area contributed by atoms with Gasteiger partial charge in [0.15, 0.2) is 6.49 Å². The topological polar surface area (TPSA) is 107 Å². The van der Waals surface area contributed by atoms with Gasteiger partial charge in [-0.2, -0.15) is 0 Å². The largest absolute Gasteiger partial charge is 1.00 e. The molecule has 0 spiro atoms. The second-order valence-electron chi connectivity index (χ2n) is 5.31. The zero-order chi connectivity index (χ0) is 17.9. The maximum atomic E-state index is 11.6. The smallest absolute Gasteiger partial charge is 1.00 e. The Labute approximate surface area is 219 Å². The summed E-state index contributed by atoms with van der Waals surface area (Å²) in [5.41, 5.74) is 2.30. The third-order valence-corrected chi connectivity index (χ3v) is 7.71. The van der Waals surface area contributed by atoms with Crippen LogP contribution in [0.4, 0.5) is 0 Å². The first kappa shape index (κ1) is 39.8. The van der Waals surface area contributed by atoms with Crippen molar-refractivity contribution in [2.45, 2.75) is 26.7 Å². The molecule has 2 unspecified atom stereocenters. The minimum Gasteiger partial charge on any atom is -1.00 e. The van der Waals surface area contributed by atoms with E-state index >= 15 is 0 Å². The van der Waals surface area contributed by atoms with Crippen molar-refractivity contribution in [1.82, 2.24) is 0 Å². The van der Waals surface area contributed by atoms with Crippen molar-refractivity contribution in [3.05, 3.63) is 30.2 Å². The third kappa shape index (κ3) is 21.4. The Kier molecular flexibility index (Phi) is 31.8. The monoisotopic (exact) mass is 483 g/mol. The summed E-state index contributed by atoms with van der Waals surface area (Å²) in [4.78, 5) is 0. The van der Waals surface area contributed by atoms with Crippen LogP contribution in [-0.4, -0.2) is 49.0 Å². The summed E-state index contributed by atoms with van der Waals surface area (Å²) >= 11 is 5.54. The van der Waals surface area contributed by atoms with E-state index in [1.807, 2.05) is 13.8 Å². The maximum Gasteiger partial charge on any atom is 1.00 e. The molecular weight excluding hydrogens is 455 g/mol. The first-order chi connectivity index (χ1) is 10.7. The van der Waals surface area contributed by atoms with Crippen molar-refractivity contribution in [3.63, 3.8) is 0 Å². The minimum atomic E-state index is -2.46. The van der Waals surface area contributed by atoms with Gasteiger partial charge in [-0.15, -0.1) is 6.61 Å². The quantitative estimate of drug-likeness (QED) is 0.234. The van der Waals surface area contributed by atoms with Crippen LogP contribution in [0, 0.1) is 7.43 Å². The number of aliphatic hydroxyl groups is 2. The molecule has 0 aromatic heterocycles. The van der Waals surface area contributed by atoms with Crippen molar-refractivity contribution < 1.29 is 100 Å². The van der Waals surface area contributed by atoms with Gasteiger partial charge >= 0.3 is 59.1 Å². The maximum absolute atomic E-state index is 11.6. The van der Waals surface area contributed by atoms with Gasteiger partial charge in [-0.1, -0.05) is 11.1 Å². The molecule has 2 aliphatic heterocycles. The Morgan fingerprint density at radius 2 is 1.52 bits per heavy atom. The second-order valence-corrected chi connectivity index (χ2v) is 11.6. The Balaban J connectivity index is -0.0000000909. The molecule has 0 amide bonds. The molecule has 0 aromatic carbocycles. The molecule has 2 atom stereocenters. The van der Waals surface area contributed by atoms with Crippen LogP contribution in [0.1, 0.15) is 26.7 Å². The summed E-state index contributed by atoms with van der Waals surface area (Å²) in [7, 11) is -2.46. The van der Waals surface area contributed by atoms with Crippen LogP contribution in [0.3, 0.4) is 0 Å². The van der Waals surface area contributed by atoms with Crippen LogP contribution in [-0.2, 0) is 13.7 Å². The predicted molar refractivity (Wildman–Crippen MR) is 99.0 cm³/mol. The third-order valence-electron chi connectivity index (χ3n) is 2.95. The molecule has 152 valence electrons. The molecule has 2 heterocycles. The molecule has 0 radical (unpaired) electrons.